The van der Waals surface area contributed by atoms with Gasteiger partial charge in [0.25, 0.3) is 0 Å². The normalized spacial score (nSPS) is 23.2. The van der Waals surface area contributed by atoms with E-state index in [9.17, 15) is 0 Å². The summed E-state index contributed by atoms with van der Waals surface area (Å²) in [7, 11) is 1.87. The Morgan fingerprint density at radius 1 is 0.875 bits per heavy atom. The minimum atomic E-state index is 0. The van der Waals surface area contributed by atoms with Crippen LogP contribution in [0.4, 0.5) is 0 Å². The summed E-state index contributed by atoms with van der Waals surface area (Å²) in [6.07, 6.45) is 10.8. The fourth-order valence-corrected chi connectivity index (χ4v) is 2.36. The van der Waals surface area contributed by atoms with Crippen molar-refractivity contribution < 1.29 is 0 Å². The molecule has 0 bridgehead atoms. The van der Waals surface area contributed by atoms with E-state index >= 15 is 0 Å². The van der Waals surface area contributed by atoms with Gasteiger partial charge in [-0.2, -0.15) is 0 Å². The third kappa shape index (κ3) is 4.11. The summed E-state index contributed by atoms with van der Waals surface area (Å²) >= 11 is 0. The lowest BCUT2D eigenvalue weighted by atomic mass is 9.93. The second kappa shape index (κ2) is 7.35. The van der Waals surface area contributed by atoms with Crippen molar-refractivity contribution in [3.8, 4) is 0 Å². The molecular formula is C12H24IN3. The summed E-state index contributed by atoms with van der Waals surface area (Å²) in [4.78, 5) is 4.30. The third-order valence-electron chi connectivity index (χ3n) is 3.62. The van der Waals surface area contributed by atoms with Gasteiger partial charge in [-0.1, -0.05) is 19.3 Å². The molecule has 2 fully saturated rings. The lowest BCUT2D eigenvalue weighted by Crippen LogP contribution is -2.49. The van der Waals surface area contributed by atoms with Crippen LogP contribution in [0.25, 0.3) is 0 Å². The van der Waals surface area contributed by atoms with Crippen molar-refractivity contribution in [2.75, 3.05) is 7.05 Å². The second-order valence-electron chi connectivity index (χ2n) is 4.82. The highest BCUT2D eigenvalue weighted by molar-refractivity contribution is 14.0. The van der Waals surface area contributed by atoms with E-state index < -0.39 is 0 Å². The van der Waals surface area contributed by atoms with Crippen LogP contribution in [0.15, 0.2) is 4.99 Å². The molecule has 0 amide bonds. The maximum Gasteiger partial charge on any atom is 0.191 e. The lowest BCUT2D eigenvalue weighted by molar-refractivity contribution is 0.368. The maximum atomic E-state index is 4.30. The van der Waals surface area contributed by atoms with Gasteiger partial charge >= 0.3 is 0 Å². The summed E-state index contributed by atoms with van der Waals surface area (Å²) in [5, 5.41) is 7.03. The van der Waals surface area contributed by atoms with Crippen molar-refractivity contribution in [3.05, 3.63) is 0 Å². The highest BCUT2D eigenvalue weighted by Crippen LogP contribution is 2.19. The first kappa shape index (κ1) is 14.1. The molecule has 2 aliphatic rings. The van der Waals surface area contributed by atoms with E-state index in [1.54, 1.807) is 0 Å². The predicted octanol–water partition coefficient (Wildman–Crippen LogP) is 2.65. The zero-order valence-electron chi connectivity index (χ0n) is 10.2. The van der Waals surface area contributed by atoms with Crippen LogP contribution in [0.1, 0.15) is 51.4 Å². The lowest BCUT2D eigenvalue weighted by Gasteiger charge is -2.31. The molecule has 0 heterocycles. The third-order valence-corrected chi connectivity index (χ3v) is 3.62. The molecule has 2 N–H and O–H groups in total. The molecule has 0 aromatic heterocycles. The van der Waals surface area contributed by atoms with Gasteiger partial charge < -0.3 is 10.6 Å². The van der Waals surface area contributed by atoms with E-state index in [2.05, 4.69) is 15.6 Å². The smallest absolute Gasteiger partial charge is 0.191 e. The van der Waals surface area contributed by atoms with Crippen LogP contribution >= 0.6 is 24.0 Å². The Balaban J connectivity index is 0.00000128. The molecule has 0 atom stereocenters. The van der Waals surface area contributed by atoms with Gasteiger partial charge in [0.1, 0.15) is 0 Å². The molecule has 0 spiro atoms. The van der Waals surface area contributed by atoms with E-state index in [4.69, 9.17) is 0 Å². The molecule has 2 saturated carbocycles. The van der Waals surface area contributed by atoms with Gasteiger partial charge in [0.05, 0.1) is 0 Å². The number of aliphatic imine (C=N–C) groups is 1. The van der Waals surface area contributed by atoms with Gasteiger partial charge in [-0.05, 0) is 32.1 Å². The number of guanidine groups is 1. The zero-order valence-corrected chi connectivity index (χ0v) is 12.5. The maximum absolute atomic E-state index is 4.30. The highest BCUT2D eigenvalue weighted by atomic mass is 127. The minimum Gasteiger partial charge on any atom is -0.354 e. The quantitative estimate of drug-likeness (QED) is 0.462. The number of hydrogen-bond donors (Lipinski definition) is 2. The van der Waals surface area contributed by atoms with Crippen LogP contribution in [0, 0.1) is 0 Å². The SMILES string of the molecule is CN=C(NC1CCCCC1)NC1CCC1.I. The van der Waals surface area contributed by atoms with Crippen LogP contribution in [0.3, 0.4) is 0 Å². The summed E-state index contributed by atoms with van der Waals surface area (Å²) < 4.78 is 0. The fourth-order valence-electron chi connectivity index (χ4n) is 2.36. The molecule has 0 unspecified atom stereocenters. The van der Waals surface area contributed by atoms with Gasteiger partial charge in [0.2, 0.25) is 0 Å². The Kier molecular flexibility index (Phi) is 6.46. The first-order chi connectivity index (χ1) is 7.38. The number of hydrogen-bond acceptors (Lipinski definition) is 1. The van der Waals surface area contributed by atoms with Crippen molar-refractivity contribution in [3.63, 3.8) is 0 Å². The average molecular weight is 337 g/mol. The van der Waals surface area contributed by atoms with Gasteiger partial charge in [-0.15, -0.1) is 24.0 Å². The topological polar surface area (TPSA) is 36.4 Å². The average Bonchev–Trinajstić information content (AvgIpc) is 2.23. The summed E-state index contributed by atoms with van der Waals surface area (Å²) in [6, 6.07) is 1.34. The molecule has 16 heavy (non-hydrogen) atoms. The summed E-state index contributed by atoms with van der Waals surface area (Å²) in [6.45, 7) is 0. The van der Waals surface area contributed by atoms with Crippen molar-refractivity contribution in [1.82, 2.24) is 10.6 Å². The Morgan fingerprint density at radius 3 is 1.75 bits per heavy atom. The van der Waals surface area contributed by atoms with Crippen molar-refractivity contribution in [2.24, 2.45) is 4.99 Å². The first-order valence-electron chi connectivity index (χ1n) is 6.38. The molecule has 0 aliphatic heterocycles. The second-order valence-corrected chi connectivity index (χ2v) is 4.82. The Labute approximate surface area is 116 Å². The van der Waals surface area contributed by atoms with Crippen LogP contribution in [-0.4, -0.2) is 25.1 Å². The van der Waals surface area contributed by atoms with E-state index in [1.807, 2.05) is 7.05 Å². The van der Waals surface area contributed by atoms with Crippen LogP contribution < -0.4 is 10.6 Å². The van der Waals surface area contributed by atoms with E-state index in [0.29, 0.717) is 12.1 Å². The van der Waals surface area contributed by atoms with E-state index in [-0.39, 0.29) is 24.0 Å². The molecule has 0 aromatic rings. The molecule has 3 nitrogen and oxygen atoms in total. The molecule has 2 aliphatic carbocycles. The predicted molar refractivity (Wildman–Crippen MR) is 79.6 cm³/mol. The molecule has 2 rings (SSSR count). The first-order valence-corrected chi connectivity index (χ1v) is 6.38. The van der Waals surface area contributed by atoms with Gasteiger partial charge in [0, 0.05) is 19.1 Å². The van der Waals surface area contributed by atoms with Crippen LogP contribution in [-0.2, 0) is 0 Å². The standard InChI is InChI=1S/C12H23N3.HI/c1-13-12(15-11-8-5-9-11)14-10-6-3-2-4-7-10;/h10-11H,2-9H2,1H3,(H2,13,14,15);1H. The number of halogens is 1. The van der Waals surface area contributed by atoms with Gasteiger partial charge in [-0.25, -0.2) is 0 Å². The van der Waals surface area contributed by atoms with Crippen molar-refractivity contribution in [2.45, 2.75) is 63.5 Å². The van der Waals surface area contributed by atoms with E-state index in [0.717, 1.165) is 5.96 Å². The Bertz CT molecular complexity index is 220. The summed E-state index contributed by atoms with van der Waals surface area (Å²) in [5.41, 5.74) is 0. The fraction of sp³-hybridized carbons (Fsp3) is 0.917. The van der Waals surface area contributed by atoms with Gasteiger partial charge in [0.15, 0.2) is 5.96 Å². The Hall–Kier alpha value is 0. The van der Waals surface area contributed by atoms with Crippen LogP contribution in [0.5, 0.6) is 0 Å². The Morgan fingerprint density at radius 2 is 1.38 bits per heavy atom. The van der Waals surface area contributed by atoms with Crippen LogP contribution in [0.2, 0.25) is 0 Å². The minimum absolute atomic E-state index is 0. The summed E-state index contributed by atoms with van der Waals surface area (Å²) in [5.74, 6) is 1.02. The van der Waals surface area contributed by atoms with E-state index in [1.165, 1.54) is 51.4 Å². The molecule has 4 heteroatoms. The number of rotatable bonds is 2. The largest absolute Gasteiger partial charge is 0.354 e. The zero-order chi connectivity index (χ0) is 10.5. The number of nitrogens with zero attached hydrogens (tertiary/aromatic N) is 1. The molecule has 0 aromatic carbocycles. The number of nitrogens with one attached hydrogen (secondary N) is 2. The van der Waals surface area contributed by atoms with Crippen molar-refractivity contribution >= 4 is 29.9 Å². The monoisotopic (exact) mass is 337 g/mol. The molecule has 0 saturated heterocycles. The molecule has 94 valence electrons. The highest BCUT2D eigenvalue weighted by Gasteiger charge is 2.20. The van der Waals surface area contributed by atoms with Crippen molar-refractivity contribution in [1.29, 1.82) is 0 Å². The molecular weight excluding hydrogens is 313 g/mol. The van der Waals surface area contributed by atoms with Gasteiger partial charge in [-0.3, -0.25) is 4.99 Å². The molecule has 0 radical (unpaired) electrons.